The van der Waals surface area contributed by atoms with E-state index in [1.807, 2.05) is 0 Å². The van der Waals surface area contributed by atoms with Gasteiger partial charge in [0.1, 0.15) is 0 Å². The highest BCUT2D eigenvalue weighted by atomic mass is 16.5. The first kappa shape index (κ1) is 93.3. The molecule has 1 amide bonds. The Morgan fingerprint density at radius 2 is 0.526 bits per heavy atom. The van der Waals surface area contributed by atoms with Crippen LogP contribution in [-0.4, -0.2) is 47.4 Å². The Morgan fingerprint density at radius 3 is 0.800 bits per heavy atom. The van der Waals surface area contributed by atoms with Crippen molar-refractivity contribution in [1.29, 1.82) is 0 Å². The molecule has 0 heterocycles. The van der Waals surface area contributed by atoms with Crippen molar-refractivity contribution >= 4 is 11.9 Å². The van der Waals surface area contributed by atoms with Crippen LogP contribution in [0.25, 0.3) is 0 Å². The van der Waals surface area contributed by atoms with Crippen molar-refractivity contribution in [3.05, 3.63) is 24.3 Å². The van der Waals surface area contributed by atoms with Gasteiger partial charge in [0.05, 0.1) is 25.4 Å². The highest BCUT2D eigenvalue weighted by Gasteiger charge is 2.20. The van der Waals surface area contributed by atoms with Crippen LogP contribution >= 0.6 is 0 Å². The van der Waals surface area contributed by atoms with Crippen molar-refractivity contribution < 1.29 is 24.5 Å². The topological polar surface area (TPSA) is 95.9 Å². The second kappa shape index (κ2) is 84.8. The lowest BCUT2D eigenvalue weighted by atomic mass is 10.0. The smallest absolute Gasteiger partial charge is 0.305 e. The molecule has 0 spiro atoms. The summed E-state index contributed by atoms with van der Waals surface area (Å²) in [7, 11) is 0. The van der Waals surface area contributed by atoms with E-state index in [1.54, 1.807) is 0 Å². The number of nitrogens with one attached hydrogen (secondary N) is 1. The molecule has 0 aliphatic carbocycles. The van der Waals surface area contributed by atoms with Gasteiger partial charge in [-0.25, -0.2) is 0 Å². The fraction of sp³-hybridized carbons (Fsp3) is 0.933. The van der Waals surface area contributed by atoms with E-state index in [4.69, 9.17) is 4.74 Å². The van der Waals surface area contributed by atoms with Crippen LogP contribution in [0.15, 0.2) is 24.3 Å². The summed E-state index contributed by atoms with van der Waals surface area (Å²) in [6.45, 7) is 5.02. The summed E-state index contributed by atoms with van der Waals surface area (Å²) in [5.74, 6) is -0.0000733. The van der Waals surface area contributed by atoms with E-state index in [0.717, 1.165) is 44.9 Å². The first-order valence-electron chi connectivity index (χ1n) is 44.1. The van der Waals surface area contributed by atoms with E-state index in [-0.39, 0.29) is 18.5 Å². The summed E-state index contributed by atoms with van der Waals surface area (Å²) >= 11 is 0. The molecule has 2 atom stereocenters. The molecule has 0 aromatic rings. The molecular formula is C89H173NO5. The predicted molar refractivity (Wildman–Crippen MR) is 421 cm³/mol. The molecule has 0 aromatic heterocycles. The molecular weight excluding hydrogens is 1160 g/mol. The zero-order chi connectivity index (χ0) is 68.4. The molecule has 3 N–H and O–H groups in total. The van der Waals surface area contributed by atoms with E-state index >= 15 is 0 Å². The number of ether oxygens (including phenoxy) is 1. The van der Waals surface area contributed by atoms with Crippen LogP contribution in [0.4, 0.5) is 0 Å². The van der Waals surface area contributed by atoms with E-state index in [2.05, 4.69) is 43.5 Å². The molecule has 0 saturated carbocycles. The molecule has 0 aliphatic heterocycles. The Bertz CT molecular complexity index is 1500. The summed E-state index contributed by atoms with van der Waals surface area (Å²) < 4.78 is 5.52. The number of esters is 1. The van der Waals surface area contributed by atoms with Crippen LogP contribution in [0.1, 0.15) is 508 Å². The summed E-state index contributed by atoms with van der Waals surface area (Å²) in [5, 5.41) is 23.5. The van der Waals surface area contributed by atoms with Crippen molar-refractivity contribution in [2.45, 2.75) is 520 Å². The van der Waals surface area contributed by atoms with E-state index in [9.17, 15) is 19.8 Å². The van der Waals surface area contributed by atoms with Gasteiger partial charge in [-0.15, -0.1) is 0 Å². The fourth-order valence-electron chi connectivity index (χ4n) is 14.3. The molecule has 0 fully saturated rings. The van der Waals surface area contributed by atoms with Gasteiger partial charge in [-0.05, 0) is 57.8 Å². The van der Waals surface area contributed by atoms with Gasteiger partial charge in [-0.2, -0.15) is 0 Å². The number of hydrogen-bond donors (Lipinski definition) is 3. The van der Waals surface area contributed by atoms with Gasteiger partial charge in [-0.1, -0.05) is 462 Å². The summed E-state index contributed by atoms with van der Waals surface area (Å²) in [4.78, 5) is 24.7. The van der Waals surface area contributed by atoms with E-state index < -0.39 is 12.1 Å². The lowest BCUT2D eigenvalue weighted by Gasteiger charge is -2.22. The molecule has 0 radical (unpaired) electrons. The van der Waals surface area contributed by atoms with E-state index in [1.165, 1.54) is 430 Å². The third-order valence-corrected chi connectivity index (χ3v) is 21.0. The van der Waals surface area contributed by atoms with Crippen LogP contribution < -0.4 is 5.32 Å². The fourth-order valence-corrected chi connectivity index (χ4v) is 14.3. The van der Waals surface area contributed by atoms with Crippen LogP contribution in [-0.2, 0) is 14.3 Å². The molecule has 6 nitrogen and oxygen atoms in total. The molecule has 6 heteroatoms. The maximum Gasteiger partial charge on any atom is 0.305 e. The average Bonchev–Trinajstić information content (AvgIpc) is 3.62. The molecule has 0 aromatic carbocycles. The Balaban J connectivity index is 3.34. The van der Waals surface area contributed by atoms with Gasteiger partial charge in [0.15, 0.2) is 0 Å². The van der Waals surface area contributed by atoms with Gasteiger partial charge in [0.25, 0.3) is 0 Å². The second-order valence-electron chi connectivity index (χ2n) is 30.6. The molecule has 0 rings (SSSR count). The summed E-state index contributed by atoms with van der Waals surface area (Å²) in [6, 6.07) is -0.540. The van der Waals surface area contributed by atoms with Crippen LogP contribution in [0.5, 0.6) is 0 Å². The Morgan fingerprint density at radius 1 is 0.295 bits per heavy atom. The largest absolute Gasteiger partial charge is 0.466 e. The van der Waals surface area contributed by atoms with Crippen LogP contribution in [0.2, 0.25) is 0 Å². The standard InChI is InChI=1S/C89H173NO5/c1-3-5-7-9-11-13-15-17-19-21-23-43-46-49-53-57-61-65-69-73-77-81-87(92)86(85-91)90-88(93)82-78-74-70-66-62-58-54-50-47-44-41-39-37-35-33-31-29-27-25-24-26-28-30-32-34-36-38-40-42-45-48-52-56-60-64-68-72-76-80-84-95-89(94)83-79-75-71-67-63-59-55-51-22-20-18-16-14-12-10-8-6-4-2/h24-25,28,30,86-87,91-92H,3-23,26-27,29,31-85H2,1-2H3,(H,90,93)/b25-24-,30-28-. The van der Waals surface area contributed by atoms with Crippen molar-refractivity contribution in [1.82, 2.24) is 5.32 Å². The molecule has 0 bridgehead atoms. The number of unbranched alkanes of at least 4 members (excludes halogenated alkanes) is 69. The zero-order valence-electron chi connectivity index (χ0n) is 64.9. The second-order valence-corrected chi connectivity index (χ2v) is 30.6. The maximum atomic E-state index is 12.6. The minimum Gasteiger partial charge on any atom is -0.466 e. The van der Waals surface area contributed by atoms with Gasteiger partial charge < -0.3 is 20.3 Å². The summed E-state index contributed by atoms with van der Waals surface area (Å²) in [6.07, 6.45) is 110. The molecule has 2 unspecified atom stereocenters. The third-order valence-electron chi connectivity index (χ3n) is 21.0. The summed E-state index contributed by atoms with van der Waals surface area (Å²) in [5.41, 5.74) is 0. The number of aliphatic hydroxyl groups is 2. The highest BCUT2D eigenvalue weighted by molar-refractivity contribution is 5.76. The first-order chi connectivity index (χ1) is 47.0. The molecule has 95 heavy (non-hydrogen) atoms. The zero-order valence-corrected chi connectivity index (χ0v) is 64.9. The quantitative estimate of drug-likeness (QED) is 0.0320. The third kappa shape index (κ3) is 81.2. The minimum atomic E-state index is -0.663. The Labute approximate surface area is 596 Å². The van der Waals surface area contributed by atoms with Gasteiger partial charge in [0.2, 0.25) is 5.91 Å². The number of amides is 1. The number of allylic oxidation sites excluding steroid dienone is 4. The number of carbonyl (C=O) groups is 2. The molecule has 0 saturated heterocycles. The van der Waals surface area contributed by atoms with Gasteiger partial charge in [-0.3, -0.25) is 9.59 Å². The first-order valence-corrected chi connectivity index (χ1v) is 44.1. The Hall–Kier alpha value is -1.66. The normalized spacial score (nSPS) is 12.5. The lowest BCUT2D eigenvalue weighted by Crippen LogP contribution is -2.45. The maximum absolute atomic E-state index is 12.6. The van der Waals surface area contributed by atoms with Crippen molar-refractivity contribution in [3.63, 3.8) is 0 Å². The minimum absolute atomic E-state index is 0.0260. The average molecular weight is 1340 g/mol. The predicted octanol–water partition coefficient (Wildman–Crippen LogP) is 29.6. The van der Waals surface area contributed by atoms with Crippen LogP contribution in [0, 0.1) is 0 Å². The van der Waals surface area contributed by atoms with Crippen molar-refractivity contribution in [2.24, 2.45) is 0 Å². The molecule has 564 valence electrons. The van der Waals surface area contributed by atoms with Gasteiger partial charge >= 0.3 is 5.97 Å². The molecule has 0 aliphatic rings. The monoisotopic (exact) mass is 1340 g/mol. The number of carbonyl (C=O) groups excluding carboxylic acids is 2. The highest BCUT2D eigenvalue weighted by Crippen LogP contribution is 2.21. The number of hydrogen-bond acceptors (Lipinski definition) is 5. The Kier molecular flexibility index (Phi) is 83.3. The number of aliphatic hydroxyl groups excluding tert-OH is 2. The van der Waals surface area contributed by atoms with Crippen molar-refractivity contribution in [3.8, 4) is 0 Å². The van der Waals surface area contributed by atoms with Gasteiger partial charge in [0, 0.05) is 12.8 Å². The van der Waals surface area contributed by atoms with Crippen LogP contribution in [0.3, 0.4) is 0 Å². The van der Waals surface area contributed by atoms with Crippen molar-refractivity contribution in [2.75, 3.05) is 13.2 Å². The lowest BCUT2D eigenvalue weighted by molar-refractivity contribution is -0.143. The van der Waals surface area contributed by atoms with E-state index in [0.29, 0.717) is 25.9 Å². The SMILES string of the molecule is CCCCCCCCCCCCCCCCCCCCCCCC(O)C(CO)NC(=O)CCCCCCCCCCCCCCCCCCC/C=C\C/C=C\CCCCCCCCCCCCCCCCCOC(=O)CCCCCCCCCCCCCCCCCCCC. The number of rotatable bonds is 84.